The van der Waals surface area contributed by atoms with Gasteiger partial charge in [0.1, 0.15) is 5.69 Å². The molecule has 5 rings (SSSR count). The molecule has 0 spiro atoms. The number of benzene rings is 2. The van der Waals surface area contributed by atoms with Crippen molar-refractivity contribution < 1.29 is 4.79 Å². The first kappa shape index (κ1) is 20.8. The molecule has 1 fully saturated rings. The fraction of sp³-hybridized carbons (Fsp3) is 0.160. The molecule has 0 unspecified atom stereocenters. The van der Waals surface area contributed by atoms with Crippen LogP contribution in [0.4, 0.5) is 0 Å². The number of amides is 1. The van der Waals surface area contributed by atoms with Crippen LogP contribution in [0.2, 0.25) is 5.02 Å². The Bertz CT molecular complexity index is 1300. The van der Waals surface area contributed by atoms with Crippen molar-refractivity contribution in [1.82, 2.24) is 19.7 Å². The second-order valence-corrected chi connectivity index (χ2v) is 9.28. The highest BCUT2D eigenvalue weighted by Gasteiger charge is 2.28. The van der Waals surface area contributed by atoms with Gasteiger partial charge in [-0.1, -0.05) is 48.1 Å². The molecule has 160 valence electrons. The standard InChI is InChI=1S/C25H21ClN4OS/c1-2-24(31)29-13-11-19(16-29)30-23-10-12-27-15-22(23)25(28-30)17-6-8-20(9-7-17)32-21-5-3-4-18(26)14-21/h2-10,12,14-15,19H,1,11,13,16H2/t19-/m1/s1. The first-order valence-corrected chi connectivity index (χ1v) is 11.6. The number of hydrogen-bond donors (Lipinski definition) is 0. The predicted octanol–water partition coefficient (Wildman–Crippen LogP) is 5.86. The Hall–Kier alpha value is -3.09. The molecule has 0 saturated carbocycles. The van der Waals surface area contributed by atoms with Crippen molar-refractivity contribution in [3.63, 3.8) is 0 Å². The van der Waals surface area contributed by atoms with Crippen molar-refractivity contribution in [2.24, 2.45) is 0 Å². The second-order valence-electron chi connectivity index (χ2n) is 7.70. The zero-order valence-corrected chi connectivity index (χ0v) is 18.9. The van der Waals surface area contributed by atoms with Crippen LogP contribution in [0.3, 0.4) is 0 Å². The zero-order valence-electron chi connectivity index (χ0n) is 17.3. The summed E-state index contributed by atoms with van der Waals surface area (Å²) in [5.74, 6) is -0.0290. The van der Waals surface area contributed by atoms with Gasteiger partial charge in [-0.05, 0) is 48.9 Å². The number of nitrogens with zero attached hydrogens (tertiary/aromatic N) is 4. The van der Waals surface area contributed by atoms with Crippen LogP contribution in [-0.4, -0.2) is 38.7 Å². The van der Waals surface area contributed by atoms with E-state index in [1.165, 1.54) is 6.08 Å². The van der Waals surface area contributed by atoms with E-state index in [0.29, 0.717) is 13.1 Å². The van der Waals surface area contributed by atoms with Gasteiger partial charge >= 0.3 is 0 Å². The number of carbonyl (C=O) groups excluding carboxylic acids is 1. The fourth-order valence-electron chi connectivity index (χ4n) is 4.09. The number of hydrogen-bond acceptors (Lipinski definition) is 4. The topological polar surface area (TPSA) is 51.0 Å². The van der Waals surface area contributed by atoms with E-state index in [9.17, 15) is 4.79 Å². The zero-order chi connectivity index (χ0) is 22.1. The maximum Gasteiger partial charge on any atom is 0.246 e. The quantitative estimate of drug-likeness (QED) is 0.350. The van der Waals surface area contributed by atoms with Gasteiger partial charge in [-0.15, -0.1) is 0 Å². The van der Waals surface area contributed by atoms with Crippen molar-refractivity contribution in [2.45, 2.75) is 22.3 Å². The van der Waals surface area contributed by atoms with E-state index in [1.807, 2.05) is 41.4 Å². The average Bonchev–Trinajstić information content (AvgIpc) is 3.44. The highest BCUT2D eigenvalue weighted by atomic mass is 35.5. The molecule has 0 aliphatic carbocycles. The number of likely N-dealkylation sites (tertiary alicyclic amines) is 1. The molecule has 2 aromatic carbocycles. The van der Waals surface area contributed by atoms with E-state index in [1.54, 1.807) is 18.0 Å². The van der Waals surface area contributed by atoms with Crippen molar-refractivity contribution >= 4 is 40.2 Å². The largest absolute Gasteiger partial charge is 0.337 e. The first-order valence-electron chi connectivity index (χ1n) is 10.4. The molecule has 32 heavy (non-hydrogen) atoms. The van der Waals surface area contributed by atoms with Crippen molar-refractivity contribution in [3.05, 3.63) is 84.7 Å². The Kier molecular flexibility index (Phi) is 5.72. The Morgan fingerprint density at radius 3 is 2.78 bits per heavy atom. The summed E-state index contributed by atoms with van der Waals surface area (Å²) >= 11 is 7.78. The van der Waals surface area contributed by atoms with Crippen LogP contribution in [-0.2, 0) is 4.79 Å². The van der Waals surface area contributed by atoms with Gasteiger partial charge in [0.25, 0.3) is 0 Å². The lowest BCUT2D eigenvalue weighted by atomic mass is 10.1. The van der Waals surface area contributed by atoms with E-state index in [-0.39, 0.29) is 11.9 Å². The van der Waals surface area contributed by atoms with Gasteiger partial charge in [0.2, 0.25) is 5.91 Å². The van der Waals surface area contributed by atoms with E-state index in [0.717, 1.165) is 43.4 Å². The van der Waals surface area contributed by atoms with Crippen molar-refractivity contribution in [3.8, 4) is 11.3 Å². The molecule has 3 heterocycles. The van der Waals surface area contributed by atoms with Gasteiger partial charge in [0, 0.05) is 51.2 Å². The number of pyridine rings is 1. The van der Waals surface area contributed by atoms with Crippen molar-refractivity contribution in [1.29, 1.82) is 0 Å². The third kappa shape index (κ3) is 4.04. The molecule has 1 atom stereocenters. The molecule has 1 aliphatic rings. The predicted molar refractivity (Wildman–Crippen MR) is 129 cm³/mol. The smallest absolute Gasteiger partial charge is 0.246 e. The summed E-state index contributed by atoms with van der Waals surface area (Å²) in [5, 5.41) is 6.72. The minimum Gasteiger partial charge on any atom is -0.337 e. The monoisotopic (exact) mass is 460 g/mol. The molecule has 1 aliphatic heterocycles. The lowest BCUT2D eigenvalue weighted by Crippen LogP contribution is -2.27. The highest BCUT2D eigenvalue weighted by molar-refractivity contribution is 7.99. The maximum absolute atomic E-state index is 12.0. The Labute approximate surface area is 195 Å². The highest BCUT2D eigenvalue weighted by Crippen LogP contribution is 2.34. The SMILES string of the molecule is C=CC(=O)N1CC[C@@H](n2nc(-c3ccc(Sc4cccc(Cl)c4)cc3)c3cnccc32)C1. The summed E-state index contributed by atoms with van der Waals surface area (Å²) in [6.07, 6.45) is 5.90. The van der Waals surface area contributed by atoms with Gasteiger partial charge in [0.05, 0.1) is 11.6 Å². The lowest BCUT2D eigenvalue weighted by molar-refractivity contribution is -0.125. The molecule has 2 aromatic heterocycles. The van der Waals surface area contributed by atoms with E-state index >= 15 is 0 Å². The van der Waals surface area contributed by atoms with Gasteiger partial charge < -0.3 is 4.90 Å². The molecular weight excluding hydrogens is 440 g/mol. The summed E-state index contributed by atoms with van der Waals surface area (Å²) in [4.78, 5) is 20.4. The van der Waals surface area contributed by atoms with Crippen molar-refractivity contribution in [2.75, 3.05) is 13.1 Å². The van der Waals surface area contributed by atoms with E-state index in [4.69, 9.17) is 16.7 Å². The normalized spacial score (nSPS) is 15.9. The van der Waals surface area contributed by atoms with Gasteiger partial charge in [-0.3, -0.25) is 14.5 Å². The molecule has 0 N–H and O–H groups in total. The van der Waals surface area contributed by atoms with Gasteiger partial charge in [-0.25, -0.2) is 0 Å². The summed E-state index contributed by atoms with van der Waals surface area (Å²) in [7, 11) is 0. The molecule has 0 radical (unpaired) electrons. The Morgan fingerprint density at radius 2 is 2.00 bits per heavy atom. The van der Waals surface area contributed by atoms with Crippen LogP contribution < -0.4 is 0 Å². The number of halogens is 1. The van der Waals surface area contributed by atoms with E-state index in [2.05, 4.69) is 40.5 Å². The number of rotatable bonds is 5. The van der Waals surface area contributed by atoms with Crippen LogP contribution >= 0.6 is 23.4 Å². The van der Waals surface area contributed by atoms with Crippen LogP contribution in [0.25, 0.3) is 22.2 Å². The third-order valence-corrected chi connectivity index (χ3v) is 6.90. The summed E-state index contributed by atoms with van der Waals surface area (Å²) in [6, 6.07) is 18.4. The van der Waals surface area contributed by atoms with E-state index < -0.39 is 0 Å². The van der Waals surface area contributed by atoms with Gasteiger partial charge in [-0.2, -0.15) is 5.10 Å². The van der Waals surface area contributed by atoms with Crippen LogP contribution in [0, 0.1) is 0 Å². The van der Waals surface area contributed by atoms with Gasteiger partial charge in [0.15, 0.2) is 0 Å². The summed E-state index contributed by atoms with van der Waals surface area (Å²) < 4.78 is 2.05. The minimum absolute atomic E-state index is 0.0290. The lowest BCUT2D eigenvalue weighted by Gasteiger charge is -2.15. The number of fused-ring (bicyclic) bond motifs is 1. The van der Waals surface area contributed by atoms with Crippen LogP contribution in [0.15, 0.2) is 89.4 Å². The third-order valence-electron chi connectivity index (χ3n) is 5.66. The minimum atomic E-state index is -0.0290. The fourth-order valence-corrected chi connectivity index (χ4v) is 5.23. The molecule has 5 nitrogen and oxygen atoms in total. The molecular formula is C25H21ClN4OS. The first-order chi connectivity index (χ1) is 15.6. The average molecular weight is 461 g/mol. The molecule has 1 saturated heterocycles. The number of carbonyl (C=O) groups is 1. The molecule has 1 amide bonds. The summed E-state index contributed by atoms with van der Waals surface area (Å²) in [6.45, 7) is 4.96. The number of aromatic nitrogens is 3. The second kappa shape index (κ2) is 8.81. The summed E-state index contributed by atoms with van der Waals surface area (Å²) in [5.41, 5.74) is 2.97. The van der Waals surface area contributed by atoms with Crippen LogP contribution in [0.1, 0.15) is 12.5 Å². The Morgan fingerprint density at radius 1 is 1.16 bits per heavy atom. The van der Waals surface area contributed by atoms with Crippen LogP contribution in [0.5, 0.6) is 0 Å². The molecule has 0 bridgehead atoms. The molecule has 4 aromatic rings. The molecule has 7 heteroatoms. The Balaban J connectivity index is 1.45. The maximum atomic E-state index is 12.0.